The fourth-order valence-corrected chi connectivity index (χ4v) is 3.94. The number of rotatable bonds is 3. The van der Waals surface area contributed by atoms with Gasteiger partial charge in [-0.1, -0.05) is 6.42 Å². The van der Waals surface area contributed by atoms with Gasteiger partial charge >= 0.3 is 6.03 Å². The molecule has 3 fully saturated rings. The Morgan fingerprint density at radius 1 is 1.25 bits per heavy atom. The van der Waals surface area contributed by atoms with Gasteiger partial charge in [0.05, 0.1) is 12.2 Å². The van der Waals surface area contributed by atoms with Crippen molar-refractivity contribution in [2.45, 2.75) is 43.9 Å². The summed E-state index contributed by atoms with van der Waals surface area (Å²) >= 11 is 0. The van der Waals surface area contributed by atoms with Crippen LogP contribution >= 0.6 is 0 Å². The van der Waals surface area contributed by atoms with Gasteiger partial charge < -0.3 is 15.0 Å². The summed E-state index contributed by atoms with van der Waals surface area (Å²) in [4.78, 5) is 17.1. The summed E-state index contributed by atoms with van der Waals surface area (Å²) in [6.45, 7) is 4.34. The minimum absolute atomic E-state index is 0.0337. The Morgan fingerprint density at radius 2 is 2.04 bits per heavy atom. The van der Waals surface area contributed by atoms with Gasteiger partial charge in [-0.2, -0.15) is 5.10 Å². The zero-order valence-electron chi connectivity index (χ0n) is 14.4. The number of hydrogen-bond acceptors (Lipinski definition) is 4. The van der Waals surface area contributed by atoms with Crippen LogP contribution in [0.25, 0.3) is 0 Å². The standard InChI is InChI=1S/C17H27N5O2/c1-20-12-13(11-18-20)16-15(5-10-24-16)19-17(23)22-8-6-21(7-9-22)14-3-2-4-14/h11-12,14-16H,2-10H2,1H3,(H,19,23)/t15-,16+/m1/s1. The molecule has 2 aliphatic heterocycles. The Kier molecular flexibility index (Phi) is 4.45. The predicted molar refractivity (Wildman–Crippen MR) is 89.6 cm³/mol. The number of piperazine rings is 1. The lowest BCUT2D eigenvalue weighted by atomic mass is 9.91. The minimum Gasteiger partial charge on any atom is -0.371 e. The van der Waals surface area contributed by atoms with Crippen LogP contribution in [0.4, 0.5) is 4.79 Å². The molecule has 132 valence electrons. The lowest BCUT2D eigenvalue weighted by Crippen LogP contribution is -2.56. The highest BCUT2D eigenvalue weighted by Crippen LogP contribution is 2.29. The molecule has 7 heteroatoms. The van der Waals surface area contributed by atoms with E-state index in [1.165, 1.54) is 19.3 Å². The van der Waals surface area contributed by atoms with Crippen LogP contribution in [0.15, 0.2) is 12.4 Å². The van der Waals surface area contributed by atoms with Crippen molar-refractivity contribution in [1.82, 2.24) is 24.9 Å². The molecule has 1 aromatic heterocycles. The highest BCUT2D eigenvalue weighted by atomic mass is 16.5. The molecule has 24 heavy (non-hydrogen) atoms. The summed E-state index contributed by atoms with van der Waals surface area (Å²) in [7, 11) is 1.90. The maximum Gasteiger partial charge on any atom is 0.317 e. The maximum atomic E-state index is 12.6. The molecule has 2 atom stereocenters. The largest absolute Gasteiger partial charge is 0.371 e. The SMILES string of the molecule is Cn1cc([C@@H]2OCC[C@H]2NC(=O)N2CCN(C3CCC3)CC2)cn1. The van der Waals surface area contributed by atoms with Gasteiger partial charge in [0.25, 0.3) is 0 Å². The summed E-state index contributed by atoms with van der Waals surface area (Å²) < 4.78 is 7.60. The van der Waals surface area contributed by atoms with Crippen molar-refractivity contribution in [3.63, 3.8) is 0 Å². The van der Waals surface area contributed by atoms with Gasteiger partial charge in [-0.05, 0) is 19.3 Å². The van der Waals surface area contributed by atoms with E-state index in [4.69, 9.17) is 4.74 Å². The van der Waals surface area contributed by atoms with E-state index in [-0.39, 0.29) is 18.2 Å². The van der Waals surface area contributed by atoms with E-state index in [9.17, 15) is 4.79 Å². The van der Waals surface area contributed by atoms with E-state index in [1.807, 2.05) is 24.3 Å². The van der Waals surface area contributed by atoms with E-state index in [2.05, 4.69) is 15.3 Å². The molecule has 3 aliphatic rings. The van der Waals surface area contributed by atoms with Crippen LogP contribution < -0.4 is 5.32 Å². The number of aromatic nitrogens is 2. The average Bonchev–Trinajstić information content (AvgIpc) is 3.15. The van der Waals surface area contributed by atoms with Crippen molar-refractivity contribution in [2.75, 3.05) is 32.8 Å². The Labute approximate surface area is 142 Å². The van der Waals surface area contributed by atoms with Gasteiger partial charge in [-0.25, -0.2) is 4.79 Å². The highest BCUT2D eigenvalue weighted by Gasteiger charge is 2.34. The Balaban J connectivity index is 1.30. The van der Waals surface area contributed by atoms with Crippen LogP contribution in [0, 0.1) is 0 Å². The molecule has 2 saturated heterocycles. The number of carbonyl (C=O) groups excluding carboxylic acids is 1. The number of nitrogens with one attached hydrogen (secondary N) is 1. The molecule has 2 amide bonds. The number of urea groups is 1. The monoisotopic (exact) mass is 333 g/mol. The summed E-state index contributed by atoms with van der Waals surface area (Å²) in [6.07, 6.45) is 8.59. The Bertz CT molecular complexity index is 577. The molecule has 1 aromatic rings. The van der Waals surface area contributed by atoms with E-state index in [1.54, 1.807) is 4.68 Å². The molecular weight excluding hydrogens is 306 g/mol. The van der Waals surface area contributed by atoms with Gasteiger partial charge in [-0.15, -0.1) is 0 Å². The predicted octanol–water partition coefficient (Wildman–Crippen LogP) is 1.13. The van der Waals surface area contributed by atoms with Gasteiger partial charge in [0.15, 0.2) is 0 Å². The summed E-state index contributed by atoms with van der Waals surface area (Å²) in [5, 5.41) is 7.40. The molecule has 7 nitrogen and oxygen atoms in total. The molecule has 0 aromatic carbocycles. The topological polar surface area (TPSA) is 62.6 Å². The lowest BCUT2D eigenvalue weighted by Gasteiger charge is -2.43. The van der Waals surface area contributed by atoms with Crippen molar-refractivity contribution in [2.24, 2.45) is 7.05 Å². The van der Waals surface area contributed by atoms with E-state index >= 15 is 0 Å². The highest BCUT2D eigenvalue weighted by molar-refractivity contribution is 5.74. The van der Waals surface area contributed by atoms with Crippen LogP contribution in [-0.4, -0.2) is 70.5 Å². The second-order valence-corrected chi connectivity index (χ2v) is 7.19. The van der Waals surface area contributed by atoms with Crippen LogP contribution in [0.2, 0.25) is 0 Å². The van der Waals surface area contributed by atoms with E-state index in [0.717, 1.165) is 44.2 Å². The zero-order chi connectivity index (χ0) is 16.5. The second kappa shape index (κ2) is 6.72. The van der Waals surface area contributed by atoms with Crippen molar-refractivity contribution >= 4 is 6.03 Å². The molecule has 1 saturated carbocycles. The summed E-state index contributed by atoms with van der Waals surface area (Å²) in [5.41, 5.74) is 1.04. The van der Waals surface area contributed by atoms with E-state index in [0.29, 0.717) is 6.61 Å². The molecule has 3 heterocycles. The molecule has 0 spiro atoms. The Hall–Kier alpha value is -1.60. The fraction of sp³-hybridized carbons (Fsp3) is 0.765. The smallest absolute Gasteiger partial charge is 0.317 e. The van der Waals surface area contributed by atoms with Gasteiger partial charge in [0, 0.05) is 57.6 Å². The molecule has 1 N–H and O–H groups in total. The third-order valence-corrected chi connectivity index (χ3v) is 5.65. The maximum absolute atomic E-state index is 12.6. The van der Waals surface area contributed by atoms with Crippen LogP contribution in [0.1, 0.15) is 37.4 Å². The van der Waals surface area contributed by atoms with Crippen molar-refractivity contribution in [3.8, 4) is 0 Å². The summed E-state index contributed by atoms with van der Waals surface area (Å²) in [6, 6.07) is 0.854. The first-order valence-electron chi connectivity index (χ1n) is 9.10. The summed E-state index contributed by atoms with van der Waals surface area (Å²) in [5.74, 6) is 0. The molecule has 4 rings (SSSR count). The van der Waals surface area contributed by atoms with Crippen molar-refractivity contribution in [1.29, 1.82) is 0 Å². The van der Waals surface area contributed by atoms with Crippen LogP contribution in [0.3, 0.4) is 0 Å². The van der Waals surface area contributed by atoms with Crippen molar-refractivity contribution < 1.29 is 9.53 Å². The Morgan fingerprint density at radius 3 is 2.67 bits per heavy atom. The van der Waals surface area contributed by atoms with E-state index < -0.39 is 0 Å². The quantitative estimate of drug-likeness (QED) is 0.901. The number of hydrogen-bond donors (Lipinski definition) is 1. The molecule has 0 radical (unpaired) electrons. The number of amides is 2. The number of aryl methyl sites for hydroxylation is 1. The fourth-order valence-electron chi connectivity index (χ4n) is 3.94. The minimum atomic E-state index is -0.0843. The normalized spacial score (nSPS) is 28.8. The van der Waals surface area contributed by atoms with Gasteiger partial charge in [-0.3, -0.25) is 9.58 Å². The number of nitrogens with zero attached hydrogens (tertiary/aromatic N) is 4. The molecule has 0 unspecified atom stereocenters. The number of ether oxygens (including phenoxy) is 1. The van der Waals surface area contributed by atoms with Gasteiger partial charge in [0.2, 0.25) is 0 Å². The molecular formula is C17H27N5O2. The number of carbonyl (C=O) groups is 1. The second-order valence-electron chi connectivity index (χ2n) is 7.19. The first-order chi connectivity index (χ1) is 11.7. The van der Waals surface area contributed by atoms with Gasteiger partial charge in [0.1, 0.15) is 6.10 Å². The third kappa shape index (κ3) is 3.15. The first-order valence-corrected chi connectivity index (χ1v) is 9.10. The molecule has 0 bridgehead atoms. The molecule has 1 aliphatic carbocycles. The third-order valence-electron chi connectivity index (χ3n) is 5.65. The zero-order valence-corrected chi connectivity index (χ0v) is 14.4. The lowest BCUT2D eigenvalue weighted by molar-refractivity contribution is 0.0692. The van der Waals surface area contributed by atoms with Crippen LogP contribution in [-0.2, 0) is 11.8 Å². The average molecular weight is 333 g/mol. The van der Waals surface area contributed by atoms with Crippen molar-refractivity contribution in [3.05, 3.63) is 18.0 Å². The first kappa shape index (κ1) is 15.9. The van der Waals surface area contributed by atoms with Crippen LogP contribution in [0.5, 0.6) is 0 Å².